The summed E-state index contributed by atoms with van der Waals surface area (Å²) in [4.78, 5) is 0. The molecule has 9 rings (SSSR count). The smallest absolute Gasteiger partial charge is 0.135 e. The van der Waals surface area contributed by atoms with Crippen molar-refractivity contribution in [3.8, 4) is 16.8 Å². The van der Waals surface area contributed by atoms with Gasteiger partial charge in [0.25, 0.3) is 0 Å². The summed E-state index contributed by atoms with van der Waals surface area (Å²) in [7, 11) is 0. The van der Waals surface area contributed by atoms with E-state index in [0.29, 0.717) is 10.0 Å². The molecular weight excluding hydrogens is 557 g/mol. The summed E-state index contributed by atoms with van der Waals surface area (Å²) in [6.45, 7) is 0. The standard InChI is InChI=1S/C38H21Cl2NO/c39-26-14-16-32(40)34(21-26)41-33-17-12-24(25-13-18-36-31(20-25)28-7-3-4-8-35(28)42-36)19-30(33)29-15-11-23-10-9-22-5-1-2-6-27(22)37(23)38(29)41/h1-21H. The van der Waals surface area contributed by atoms with Crippen LogP contribution in [0.1, 0.15) is 0 Å². The lowest BCUT2D eigenvalue weighted by Crippen LogP contribution is -1.96. The Labute approximate surface area is 250 Å². The molecule has 0 unspecified atom stereocenters. The SMILES string of the molecule is Clc1ccc(Cl)c(-n2c3ccc(-c4ccc5oc6ccccc6c5c4)cc3c3ccc4ccc5ccccc5c4c32)c1. The van der Waals surface area contributed by atoms with Crippen LogP contribution in [0.5, 0.6) is 0 Å². The van der Waals surface area contributed by atoms with Crippen molar-refractivity contribution in [2.45, 2.75) is 0 Å². The number of fused-ring (bicyclic) bond motifs is 10. The molecule has 0 fully saturated rings. The number of halogens is 2. The molecule has 0 N–H and O–H groups in total. The monoisotopic (exact) mass is 577 g/mol. The first-order valence-corrected chi connectivity index (χ1v) is 14.7. The van der Waals surface area contributed by atoms with E-state index >= 15 is 0 Å². The van der Waals surface area contributed by atoms with Crippen molar-refractivity contribution >= 4 is 88.5 Å². The van der Waals surface area contributed by atoms with Crippen molar-refractivity contribution in [3.05, 3.63) is 137 Å². The fourth-order valence-corrected chi connectivity index (χ4v) is 6.96. The molecule has 7 aromatic carbocycles. The molecule has 0 amide bonds. The van der Waals surface area contributed by atoms with Gasteiger partial charge in [0.05, 0.1) is 21.7 Å². The maximum absolute atomic E-state index is 6.89. The van der Waals surface area contributed by atoms with E-state index in [9.17, 15) is 0 Å². The minimum Gasteiger partial charge on any atom is -0.456 e. The van der Waals surface area contributed by atoms with Gasteiger partial charge in [-0.3, -0.25) is 0 Å². The van der Waals surface area contributed by atoms with E-state index in [1.807, 2.05) is 30.3 Å². The Morgan fingerprint density at radius 3 is 2.12 bits per heavy atom. The second-order valence-electron chi connectivity index (χ2n) is 10.8. The summed E-state index contributed by atoms with van der Waals surface area (Å²) >= 11 is 13.4. The van der Waals surface area contributed by atoms with Crippen molar-refractivity contribution in [2.75, 3.05) is 0 Å². The van der Waals surface area contributed by atoms with Crippen LogP contribution in [0.2, 0.25) is 10.0 Å². The number of hydrogen-bond donors (Lipinski definition) is 0. The Morgan fingerprint density at radius 1 is 0.500 bits per heavy atom. The minimum absolute atomic E-state index is 0.645. The summed E-state index contributed by atoms with van der Waals surface area (Å²) in [6.07, 6.45) is 0. The molecule has 0 atom stereocenters. The van der Waals surface area contributed by atoms with Gasteiger partial charge in [-0.1, -0.05) is 102 Å². The van der Waals surface area contributed by atoms with Crippen molar-refractivity contribution < 1.29 is 4.42 Å². The average molecular weight is 578 g/mol. The largest absolute Gasteiger partial charge is 0.456 e. The number of hydrogen-bond acceptors (Lipinski definition) is 1. The first-order chi connectivity index (χ1) is 20.6. The molecule has 0 saturated heterocycles. The first-order valence-electron chi connectivity index (χ1n) is 13.9. The Bertz CT molecular complexity index is 2550. The van der Waals surface area contributed by atoms with Crippen LogP contribution in [0, 0.1) is 0 Å². The summed E-state index contributed by atoms with van der Waals surface area (Å²) < 4.78 is 8.38. The molecule has 2 nitrogen and oxygen atoms in total. The second-order valence-corrected chi connectivity index (χ2v) is 11.7. The van der Waals surface area contributed by atoms with Crippen LogP contribution in [0.4, 0.5) is 0 Å². The van der Waals surface area contributed by atoms with E-state index in [1.165, 1.54) is 26.9 Å². The Hall–Kier alpha value is -4.76. The minimum atomic E-state index is 0.645. The molecule has 2 heterocycles. The zero-order chi connectivity index (χ0) is 27.9. The number of nitrogens with zero attached hydrogens (tertiary/aromatic N) is 1. The molecule has 42 heavy (non-hydrogen) atoms. The average Bonchev–Trinajstić information content (AvgIpc) is 3.57. The van der Waals surface area contributed by atoms with Crippen LogP contribution in [0.3, 0.4) is 0 Å². The topological polar surface area (TPSA) is 18.1 Å². The van der Waals surface area contributed by atoms with Gasteiger partial charge >= 0.3 is 0 Å². The summed E-state index contributed by atoms with van der Waals surface area (Å²) in [5.41, 5.74) is 7.15. The molecule has 0 aliphatic heterocycles. The van der Waals surface area contributed by atoms with E-state index < -0.39 is 0 Å². The van der Waals surface area contributed by atoms with Crippen LogP contribution >= 0.6 is 23.2 Å². The first kappa shape index (κ1) is 23.9. The number of benzene rings is 7. The van der Waals surface area contributed by atoms with Gasteiger partial charge < -0.3 is 8.98 Å². The highest BCUT2D eigenvalue weighted by molar-refractivity contribution is 6.35. The lowest BCUT2D eigenvalue weighted by molar-refractivity contribution is 0.669. The number of para-hydroxylation sites is 1. The van der Waals surface area contributed by atoms with E-state index in [1.54, 1.807) is 0 Å². The van der Waals surface area contributed by atoms with Gasteiger partial charge in [-0.25, -0.2) is 0 Å². The number of furan rings is 1. The highest BCUT2D eigenvalue weighted by atomic mass is 35.5. The molecule has 2 aromatic heterocycles. The van der Waals surface area contributed by atoms with Crippen LogP contribution < -0.4 is 0 Å². The van der Waals surface area contributed by atoms with Gasteiger partial charge in [-0.15, -0.1) is 0 Å². The maximum atomic E-state index is 6.89. The summed E-state index contributed by atoms with van der Waals surface area (Å²) in [5.74, 6) is 0. The lowest BCUT2D eigenvalue weighted by atomic mass is 9.98. The molecule has 0 saturated carbocycles. The summed E-state index contributed by atoms with van der Waals surface area (Å²) in [5, 5.41) is 10.7. The van der Waals surface area contributed by atoms with Gasteiger partial charge in [0.1, 0.15) is 11.2 Å². The van der Waals surface area contributed by atoms with Crippen LogP contribution in [0.15, 0.2) is 132 Å². The molecule has 198 valence electrons. The zero-order valence-electron chi connectivity index (χ0n) is 22.2. The van der Waals surface area contributed by atoms with Crippen molar-refractivity contribution in [2.24, 2.45) is 0 Å². The van der Waals surface area contributed by atoms with Crippen LogP contribution in [0.25, 0.3) is 82.1 Å². The van der Waals surface area contributed by atoms with Gasteiger partial charge in [0, 0.05) is 32.0 Å². The molecular formula is C38H21Cl2NO. The van der Waals surface area contributed by atoms with Crippen molar-refractivity contribution in [1.29, 1.82) is 0 Å². The number of rotatable bonds is 2. The summed E-state index contributed by atoms with van der Waals surface area (Å²) in [6, 6.07) is 44.4. The highest BCUT2D eigenvalue weighted by Crippen LogP contribution is 2.42. The molecule has 4 heteroatoms. The fourth-order valence-electron chi connectivity index (χ4n) is 6.59. The number of aromatic nitrogens is 1. The molecule has 0 aliphatic carbocycles. The Balaban J connectivity index is 1.40. The van der Waals surface area contributed by atoms with Gasteiger partial charge in [-0.05, 0) is 75.8 Å². The quantitative estimate of drug-likeness (QED) is 0.187. The zero-order valence-corrected chi connectivity index (χ0v) is 23.7. The van der Waals surface area contributed by atoms with Crippen LogP contribution in [-0.2, 0) is 0 Å². The molecule has 0 spiro atoms. The molecule has 0 radical (unpaired) electrons. The Kier molecular flexibility index (Phi) is 5.05. The van der Waals surface area contributed by atoms with E-state index in [4.69, 9.17) is 27.6 Å². The van der Waals surface area contributed by atoms with E-state index in [0.717, 1.165) is 55.2 Å². The lowest BCUT2D eigenvalue weighted by Gasteiger charge is -2.13. The van der Waals surface area contributed by atoms with Crippen molar-refractivity contribution in [3.63, 3.8) is 0 Å². The normalized spacial score (nSPS) is 12.0. The second kappa shape index (κ2) is 8.87. The third kappa shape index (κ3) is 3.40. The van der Waals surface area contributed by atoms with E-state index in [-0.39, 0.29) is 0 Å². The molecule has 0 aliphatic rings. The van der Waals surface area contributed by atoms with E-state index in [2.05, 4.69) is 102 Å². The predicted octanol–water partition coefficient (Wildman–Crippen LogP) is 12.0. The van der Waals surface area contributed by atoms with Gasteiger partial charge in [0.2, 0.25) is 0 Å². The molecule has 0 bridgehead atoms. The highest BCUT2D eigenvalue weighted by Gasteiger charge is 2.19. The van der Waals surface area contributed by atoms with Crippen molar-refractivity contribution in [1.82, 2.24) is 4.57 Å². The Morgan fingerprint density at radius 2 is 1.21 bits per heavy atom. The van der Waals surface area contributed by atoms with Gasteiger partial charge in [0.15, 0.2) is 0 Å². The van der Waals surface area contributed by atoms with Gasteiger partial charge in [-0.2, -0.15) is 0 Å². The predicted molar refractivity (Wildman–Crippen MR) is 179 cm³/mol. The molecule has 9 aromatic rings. The third-order valence-corrected chi connectivity index (χ3v) is 9.05. The third-order valence-electron chi connectivity index (χ3n) is 8.49. The fraction of sp³-hybridized carbons (Fsp3) is 0. The maximum Gasteiger partial charge on any atom is 0.135 e. The van der Waals surface area contributed by atoms with Crippen LogP contribution in [-0.4, -0.2) is 4.57 Å².